The van der Waals surface area contributed by atoms with Crippen LogP contribution < -0.4 is 15.8 Å². The van der Waals surface area contributed by atoms with Gasteiger partial charge in [0.25, 0.3) is 0 Å². The topological polar surface area (TPSA) is 95.1 Å². The van der Waals surface area contributed by atoms with Crippen molar-refractivity contribution in [3.05, 3.63) is 36.2 Å². The highest BCUT2D eigenvalue weighted by molar-refractivity contribution is 5.85. The van der Waals surface area contributed by atoms with Gasteiger partial charge in [-0.1, -0.05) is 11.6 Å². The van der Waals surface area contributed by atoms with E-state index in [0.717, 1.165) is 36.4 Å². The minimum Gasteiger partial charge on any atom is -0.497 e. The molecule has 8 heteroatoms. The first-order chi connectivity index (χ1) is 11.7. The number of methoxy groups -OCH3 is 1. The Morgan fingerprint density at radius 3 is 2.80 bits per heavy atom. The SMILES string of the molecule is COc1ccc(-n2cc(CNC(=O)[C@@H]3CCC[C@@H]3CN)nn2)cc1.Cl. The summed E-state index contributed by atoms with van der Waals surface area (Å²) in [6.45, 7) is 0.953. The van der Waals surface area contributed by atoms with Gasteiger partial charge in [0.1, 0.15) is 11.4 Å². The fraction of sp³-hybridized carbons (Fsp3) is 0.471. The largest absolute Gasteiger partial charge is 0.497 e. The quantitative estimate of drug-likeness (QED) is 0.812. The first-order valence-electron chi connectivity index (χ1n) is 8.24. The zero-order chi connectivity index (χ0) is 16.9. The molecule has 0 radical (unpaired) electrons. The fourth-order valence-corrected chi connectivity index (χ4v) is 3.21. The number of hydrogen-bond donors (Lipinski definition) is 2. The molecule has 0 spiro atoms. The summed E-state index contributed by atoms with van der Waals surface area (Å²) in [5, 5.41) is 11.2. The van der Waals surface area contributed by atoms with Crippen molar-refractivity contribution >= 4 is 18.3 Å². The van der Waals surface area contributed by atoms with E-state index in [9.17, 15) is 4.79 Å². The average Bonchev–Trinajstić information content (AvgIpc) is 3.29. The van der Waals surface area contributed by atoms with Crippen molar-refractivity contribution in [1.29, 1.82) is 0 Å². The Bertz CT molecular complexity index is 689. The number of rotatable bonds is 6. The van der Waals surface area contributed by atoms with Crippen LogP contribution in [0.5, 0.6) is 5.75 Å². The second kappa shape index (κ2) is 8.82. The summed E-state index contributed by atoms with van der Waals surface area (Å²) in [5.74, 6) is 1.20. The van der Waals surface area contributed by atoms with Gasteiger partial charge in [0.05, 0.1) is 25.5 Å². The standard InChI is InChI=1S/C17H23N5O2.ClH/c1-24-15-7-5-14(6-8-15)22-11-13(20-21-22)10-19-17(23)16-4-2-3-12(16)9-18;/h5-8,11-12,16H,2-4,9-10,18H2,1H3,(H,19,23);1H/t12-,16-;/m1./s1. The first-order valence-corrected chi connectivity index (χ1v) is 8.24. The van der Waals surface area contributed by atoms with Gasteiger partial charge < -0.3 is 15.8 Å². The van der Waals surface area contributed by atoms with Crippen LogP contribution in [0.3, 0.4) is 0 Å². The molecular formula is C17H24ClN5O2. The summed E-state index contributed by atoms with van der Waals surface area (Å²) < 4.78 is 6.82. The highest BCUT2D eigenvalue weighted by Crippen LogP contribution is 2.30. The Labute approximate surface area is 153 Å². The molecular weight excluding hydrogens is 342 g/mol. The zero-order valence-electron chi connectivity index (χ0n) is 14.2. The number of nitrogens with one attached hydrogen (secondary N) is 1. The molecule has 0 unspecified atom stereocenters. The minimum absolute atomic E-state index is 0. The van der Waals surface area contributed by atoms with E-state index in [1.165, 1.54) is 0 Å². The van der Waals surface area contributed by atoms with E-state index in [1.54, 1.807) is 11.8 Å². The Hall–Kier alpha value is -2.12. The van der Waals surface area contributed by atoms with Crippen molar-refractivity contribution in [2.75, 3.05) is 13.7 Å². The normalized spacial score (nSPS) is 19.3. The lowest BCUT2D eigenvalue weighted by atomic mass is 9.95. The van der Waals surface area contributed by atoms with E-state index < -0.39 is 0 Å². The molecule has 0 bridgehead atoms. The number of ether oxygens (including phenoxy) is 1. The highest BCUT2D eigenvalue weighted by Gasteiger charge is 2.31. The monoisotopic (exact) mass is 365 g/mol. The number of carbonyl (C=O) groups is 1. The van der Waals surface area contributed by atoms with Gasteiger partial charge in [0.15, 0.2) is 0 Å². The third-order valence-corrected chi connectivity index (χ3v) is 4.62. The summed E-state index contributed by atoms with van der Waals surface area (Å²) in [7, 11) is 1.63. The maximum atomic E-state index is 12.3. The first kappa shape index (κ1) is 19.2. The molecule has 1 aromatic heterocycles. The van der Waals surface area contributed by atoms with E-state index in [0.29, 0.717) is 19.0 Å². The molecule has 1 saturated carbocycles. The highest BCUT2D eigenvalue weighted by atomic mass is 35.5. The van der Waals surface area contributed by atoms with Crippen LogP contribution >= 0.6 is 12.4 Å². The lowest BCUT2D eigenvalue weighted by Gasteiger charge is -2.16. The number of nitrogens with two attached hydrogens (primary N) is 1. The maximum absolute atomic E-state index is 12.3. The van der Waals surface area contributed by atoms with Crippen molar-refractivity contribution in [1.82, 2.24) is 20.3 Å². The molecule has 1 aromatic carbocycles. The van der Waals surface area contributed by atoms with Gasteiger partial charge in [-0.15, -0.1) is 17.5 Å². The molecule has 1 fully saturated rings. The van der Waals surface area contributed by atoms with Gasteiger partial charge in [-0.3, -0.25) is 4.79 Å². The molecule has 136 valence electrons. The van der Waals surface area contributed by atoms with Crippen LogP contribution in [0.1, 0.15) is 25.0 Å². The smallest absolute Gasteiger partial charge is 0.223 e. The summed E-state index contributed by atoms with van der Waals surface area (Å²) in [5.41, 5.74) is 7.36. The number of carbonyl (C=O) groups excluding carboxylic acids is 1. The summed E-state index contributed by atoms with van der Waals surface area (Å²) >= 11 is 0. The predicted molar refractivity (Wildman–Crippen MR) is 96.9 cm³/mol. The van der Waals surface area contributed by atoms with Gasteiger partial charge in [0.2, 0.25) is 5.91 Å². The second-order valence-corrected chi connectivity index (χ2v) is 6.10. The molecule has 2 aromatic rings. The van der Waals surface area contributed by atoms with Gasteiger partial charge in [0, 0.05) is 5.92 Å². The number of amides is 1. The molecule has 3 rings (SSSR count). The minimum atomic E-state index is 0. The average molecular weight is 366 g/mol. The fourth-order valence-electron chi connectivity index (χ4n) is 3.21. The van der Waals surface area contributed by atoms with Gasteiger partial charge in [-0.05, 0) is 49.6 Å². The number of aromatic nitrogens is 3. The third-order valence-electron chi connectivity index (χ3n) is 4.62. The molecule has 0 saturated heterocycles. The Morgan fingerprint density at radius 2 is 2.12 bits per heavy atom. The number of nitrogens with zero attached hydrogens (tertiary/aromatic N) is 3. The lowest BCUT2D eigenvalue weighted by Crippen LogP contribution is -2.34. The molecule has 1 aliphatic rings. The Kier molecular flexibility index (Phi) is 6.78. The van der Waals surface area contributed by atoms with E-state index in [2.05, 4.69) is 15.6 Å². The molecule has 1 amide bonds. The van der Waals surface area contributed by atoms with Gasteiger partial charge >= 0.3 is 0 Å². The van der Waals surface area contributed by atoms with Crippen LogP contribution in [0.15, 0.2) is 30.5 Å². The van der Waals surface area contributed by atoms with Crippen molar-refractivity contribution in [2.45, 2.75) is 25.8 Å². The van der Waals surface area contributed by atoms with E-state index in [4.69, 9.17) is 10.5 Å². The summed E-state index contributed by atoms with van der Waals surface area (Å²) in [4.78, 5) is 12.3. The molecule has 2 atom stereocenters. The van der Waals surface area contributed by atoms with E-state index in [1.807, 2.05) is 30.5 Å². The molecule has 1 heterocycles. The Morgan fingerprint density at radius 1 is 1.36 bits per heavy atom. The van der Waals surface area contributed by atoms with Gasteiger partial charge in [-0.25, -0.2) is 4.68 Å². The zero-order valence-corrected chi connectivity index (χ0v) is 15.0. The number of hydrogen-bond acceptors (Lipinski definition) is 5. The molecule has 3 N–H and O–H groups in total. The summed E-state index contributed by atoms with van der Waals surface area (Å²) in [6.07, 6.45) is 4.86. The lowest BCUT2D eigenvalue weighted by molar-refractivity contribution is -0.126. The van der Waals surface area contributed by atoms with Crippen molar-refractivity contribution in [3.8, 4) is 11.4 Å². The molecule has 0 aliphatic heterocycles. The number of halogens is 1. The molecule has 1 aliphatic carbocycles. The van der Waals surface area contributed by atoms with Crippen molar-refractivity contribution < 1.29 is 9.53 Å². The van der Waals surface area contributed by atoms with Crippen LogP contribution in [0.25, 0.3) is 5.69 Å². The molecule has 7 nitrogen and oxygen atoms in total. The summed E-state index contributed by atoms with van der Waals surface area (Å²) in [6, 6.07) is 7.54. The van der Waals surface area contributed by atoms with Crippen LogP contribution in [0.2, 0.25) is 0 Å². The van der Waals surface area contributed by atoms with Crippen molar-refractivity contribution in [3.63, 3.8) is 0 Å². The van der Waals surface area contributed by atoms with Crippen LogP contribution in [0.4, 0.5) is 0 Å². The van der Waals surface area contributed by atoms with E-state index in [-0.39, 0.29) is 24.2 Å². The van der Waals surface area contributed by atoms with Crippen molar-refractivity contribution in [2.24, 2.45) is 17.6 Å². The second-order valence-electron chi connectivity index (χ2n) is 6.10. The number of benzene rings is 1. The van der Waals surface area contributed by atoms with Crippen LogP contribution in [0, 0.1) is 11.8 Å². The Balaban J connectivity index is 0.00000225. The van der Waals surface area contributed by atoms with Crippen LogP contribution in [-0.4, -0.2) is 34.6 Å². The molecule has 25 heavy (non-hydrogen) atoms. The predicted octanol–water partition coefficient (Wildman–Crippen LogP) is 1.69. The van der Waals surface area contributed by atoms with Crippen LogP contribution in [-0.2, 0) is 11.3 Å². The maximum Gasteiger partial charge on any atom is 0.223 e. The van der Waals surface area contributed by atoms with Gasteiger partial charge in [-0.2, -0.15) is 0 Å². The third kappa shape index (κ3) is 4.49. The van der Waals surface area contributed by atoms with E-state index >= 15 is 0 Å².